The monoisotopic (exact) mass is 311 g/mol. The molecule has 6 nitrogen and oxygen atoms in total. The molecule has 0 spiro atoms. The van der Waals surface area contributed by atoms with Crippen LogP contribution in [-0.4, -0.2) is 46.9 Å². The fourth-order valence-electron chi connectivity index (χ4n) is 2.19. The van der Waals surface area contributed by atoms with E-state index in [1.165, 1.54) is 0 Å². The first-order valence-electron chi connectivity index (χ1n) is 5.49. The molecule has 10 heteroatoms. The Bertz CT molecular complexity index is 417. The number of carboxylic acid groups (broad SMARTS) is 1. The van der Waals surface area contributed by atoms with Gasteiger partial charge in [-0.3, -0.25) is 4.55 Å². The van der Waals surface area contributed by atoms with Crippen LogP contribution in [0.15, 0.2) is 0 Å². The average molecular weight is 311 g/mol. The number of nitrogens with zero attached hydrogens (tertiary/aromatic N) is 1. The summed E-state index contributed by atoms with van der Waals surface area (Å²) in [7, 11) is -4.95. The molecule has 0 atom stereocenters. The van der Waals surface area contributed by atoms with Gasteiger partial charge in [-0.05, 0) is 12.8 Å². The van der Waals surface area contributed by atoms with Crippen molar-refractivity contribution < 1.29 is 62.6 Å². The molecule has 0 aromatic carbocycles. The van der Waals surface area contributed by atoms with E-state index in [4.69, 9.17) is 9.66 Å². The first-order chi connectivity index (χ1) is 8.13. The van der Waals surface area contributed by atoms with Crippen molar-refractivity contribution in [2.45, 2.75) is 44.2 Å². The fraction of sp³-hybridized carbons (Fsp3) is 0.889. The first-order valence-corrected chi connectivity index (χ1v) is 7.09. The van der Waals surface area contributed by atoms with E-state index in [0.29, 0.717) is 12.8 Å². The molecule has 0 bridgehead atoms. The summed E-state index contributed by atoms with van der Waals surface area (Å²) in [5, 5.41) is 8.83. The molecule has 0 aromatic heterocycles. The second kappa shape index (κ2) is 7.16. The number of carbonyl (C=O) groups is 1. The Morgan fingerprint density at radius 2 is 1.79 bits per heavy atom. The predicted molar refractivity (Wildman–Crippen MR) is 59.2 cm³/mol. The van der Waals surface area contributed by atoms with Crippen molar-refractivity contribution in [1.82, 2.24) is 4.90 Å². The minimum absolute atomic E-state index is 0. The van der Waals surface area contributed by atoms with Gasteiger partial charge in [-0.1, -0.05) is 19.3 Å². The van der Waals surface area contributed by atoms with Gasteiger partial charge in [-0.15, -0.1) is 0 Å². The summed E-state index contributed by atoms with van der Waals surface area (Å²) in [5.74, 6) is -1.91. The Morgan fingerprint density at radius 3 is 2.16 bits per heavy atom. The standard InChI is InChI=1S/C9H15F2NO5S.Na.H/c10-9(11,6-18(15,16)17)12(8(13)14)7-4-2-1-3-5-7;;/h7H,1-6H2,(H,13,14)(H,15,16,17);;/q;+1;-1. The Hall–Kier alpha value is 0.0400. The maximum atomic E-state index is 13.6. The summed E-state index contributed by atoms with van der Waals surface area (Å²) in [6.07, 6.45) is 0.747. The number of halogens is 2. The molecular weight excluding hydrogens is 295 g/mol. The summed E-state index contributed by atoms with van der Waals surface area (Å²) in [5.41, 5.74) is 0. The van der Waals surface area contributed by atoms with Crippen molar-refractivity contribution >= 4 is 16.2 Å². The smallest absolute Gasteiger partial charge is 1.00 e. The van der Waals surface area contributed by atoms with E-state index in [1.54, 1.807) is 0 Å². The third-order valence-corrected chi connectivity index (χ3v) is 3.57. The van der Waals surface area contributed by atoms with Gasteiger partial charge in [0.05, 0.1) is 0 Å². The summed E-state index contributed by atoms with van der Waals surface area (Å²) in [6, 6.07) is -5.03. The number of rotatable bonds is 4. The van der Waals surface area contributed by atoms with Crippen LogP contribution in [0.5, 0.6) is 0 Å². The zero-order chi connectivity index (χ0) is 14.0. The largest absolute Gasteiger partial charge is 1.00 e. The van der Waals surface area contributed by atoms with E-state index in [9.17, 15) is 22.0 Å². The van der Waals surface area contributed by atoms with E-state index in [0.717, 1.165) is 6.42 Å². The third-order valence-electron chi connectivity index (χ3n) is 2.85. The molecule has 1 rings (SSSR count). The second-order valence-electron chi connectivity index (χ2n) is 4.34. The minimum Gasteiger partial charge on any atom is -1.00 e. The Kier molecular flexibility index (Phi) is 7.18. The van der Waals surface area contributed by atoms with E-state index in [2.05, 4.69) is 0 Å². The van der Waals surface area contributed by atoms with Crippen LogP contribution >= 0.6 is 0 Å². The molecular formula is C9H16F2NNaO5S. The Balaban J connectivity index is 0. The van der Waals surface area contributed by atoms with E-state index >= 15 is 0 Å². The normalized spacial score (nSPS) is 17.6. The van der Waals surface area contributed by atoms with Crippen molar-refractivity contribution in [3.63, 3.8) is 0 Å². The molecule has 1 fully saturated rings. The Morgan fingerprint density at radius 1 is 1.32 bits per heavy atom. The molecule has 2 N–H and O–H groups in total. The summed E-state index contributed by atoms with van der Waals surface area (Å²) in [4.78, 5) is 10.8. The minimum atomic E-state index is -4.95. The predicted octanol–water partition coefficient (Wildman–Crippen LogP) is -1.10. The number of hydrogen-bond acceptors (Lipinski definition) is 3. The molecule has 19 heavy (non-hydrogen) atoms. The summed E-state index contributed by atoms with van der Waals surface area (Å²) >= 11 is 0. The molecule has 1 saturated carbocycles. The van der Waals surface area contributed by atoms with Crippen molar-refractivity contribution in [2.24, 2.45) is 0 Å². The van der Waals surface area contributed by atoms with Crippen LogP contribution in [-0.2, 0) is 10.1 Å². The van der Waals surface area contributed by atoms with Crippen molar-refractivity contribution in [3.8, 4) is 0 Å². The van der Waals surface area contributed by atoms with Gasteiger partial charge in [0.2, 0.25) is 0 Å². The zero-order valence-electron chi connectivity index (χ0n) is 11.6. The number of amides is 1. The molecule has 1 amide bonds. The van der Waals surface area contributed by atoms with E-state index in [1.807, 2.05) is 0 Å². The van der Waals surface area contributed by atoms with Gasteiger partial charge in [0.15, 0.2) is 5.75 Å². The average Bonchev–Trinajstić information content (AvgIpc) is 2.13. The van der Waals surface area contributed by atoms with Crippen LogP contribution < -0.4 is 29.6 Å². The zero-order valence-corrected chi connectivity index (χ0v) is 13.4. The van der Waals surface area contributed by atoms with Crippen molar-refractivity contribution in [2.75, 3.05) is 5.75 Å². The molecule has 0 aliphatic heterocycles. The second-order valence-corrected chi connectivity index (χ2v) is 5.79. The SMILES string of the molecule is O=C(O)N(C1CCCCC1)C(F)(F)CS(=O)(=O)O.[H-].[Na+]. The topological polar surface area (TPSA) is 94.9 Å². The molecule has 0 unspecified atom stereocenters. The quantitative estimate of drug-likeness (QED) is 0.390. The third kappa shape index (κ3) is 5.90. The summed E-state index contributed by atoms with van der Waals surface area (Å²) < 4.78 is 56.7. The van der Waals surface area contributed by atoms with Crippen LogP contribution in [0.2, 0.25) is 0 Å². The summed E-state index contributed by atoms with van der Waals surface area (Å²) in [6.45, 7) is 0. The molecule has 108 valence electrons. The van der Waals surface area contributed by atoms with Crippen LogP contribution in [0.4, 0.5) is 13.6 Å². The van der Waals surface area contributed by atoms with E-state index < -0.39 is 34.1 Å². The Labute approximate surface area is 133 Å². The van der Waals surface area contributed by atoms with Crippen molar-refractivity contribution in [1.29, 1.82) is 0 Å². The maximum absolute atomic E-state index is 13.6. The van der Waals surface area contributed by atoms with Crippen molar-refractivity contribution in [3.05, 3.63) is 0 Å². The van der Waals surface area contributed by atoms with Crippen LogP contribution in [0.3, 0.4) is 0 Å². The van der Waals surface area contributed by atoms with Crippen LogP contribution in [0.1, 0.15) is 33.5 Å². The van der Waals surface area contributed by atoms with Gasteiger partial charge >= 0.3 is 41.7 Å². The molecule has 0 radical (unpaired) electrons. The molecule has 0 aromatic rings. The first kappa shape index (κ1) is 19.0. The molecule has 1 aliphatic carbocycles. The maximum Gasteiger partial charge on any atom is 1.00 e. The van der Waals surface area contributed by atoms with E-state index in [-0.39, 0.29) is 48.7 Å². The van der Waals surface area contributed by atoms with Gasteiger partial charge < -0.3 is 6.53 Å². The van der Waals surface area contributed by atoms with Gasteiger partial charge in [-0.2, -0.15) is 17.2 Å². The molecule has 1 aliphatic rings. The van der Waals surface area contributed by atoms with Gasteiger partial charge in [0.1, 0.15) is 0 Å². The van der Waals surface area contributed by atoms with Crippen LogP contribution in [0.25, 0.3) is 0 Å². The fourth-order valence-corrected chi connectivity index (χ4v) is 2.77. The van der Waals surface area contributed by atoms with Gasteiger partial charge in [0.25, 0.3) is 10.1 Å². The molecule has 0 saturated heterocycles. The number of hydrogen-bond donors (Lipinski definition) is 2. The van der Waals surface area contributed by atoms with Crippen LogP contribution in [0, 0.1) is 0 Å². The van der Waals surface area contributed by atoms with Gasteiger partial charge in [0, 0.05) is 6.04 Å². The van der Waals surface area contributed by atoms with Gasteiger partial charge in [-0.25, -0.2) is 9.69 Å². The number of alkyl halides is 2. The molecule has 0 heterocycles.